The van der Waals surface area contributed by atoms with Gasteiger partial charge >= 0.3 is 0 Å². The number of fused-ring (bicyclic) bond motifs is 1. The Morgan fingerprint density at radius 3 is 2.64 bits per heavy atom. The summed E-state index contributed by atoms with van der Waals surface area (Å²) in [6.07, 6.45) is 2.36. The molecule has 2 aliphatic heterocycles. The highest BCUT2D eigenvalue weighted by Crippen LogP contribution is 2.33. The predicted octanol–water partition coefficient (Wildman–Crippen LogP) is 5.08. The van der Waals surface area contributed by atoms with Crippen molar-refractivity contribution in [1.82, 2.24) is 5.01 Å². The van der Waals surface area contributed by atoms with Crippen LogP contribution in [0, 0.1) is 17.1 Å². The molecule has 0 saturated heterocycles. The van der Waals surface area contributed by atoms with Gasteiger partial charge in [-0.05, 0) is 59.1 Å². The Bertz CT molecular complexity index is 1190. The molecule has 0 fully saturated rings. The molecule has 0 saturated carbocycles. The molecule has 2 aliphatic rings. The van der Waals surface area contributed by atoms with E-state index in [0.717, 1.165) is 17.0 Å². The summed E-state index contributed by atoms with van der Waals surface area (Å²) in [4.78, 5) is 16.7. The van der Waals surface area contributed by atoms with E-state index in [1.54, 1.807) is 36.4 Å². The number of nitrogens with one attached hydrogen (secondary N) is 1. The zero-order valence-electron chi connectivity index (χ0n) is 18.5. The number of methoxy groups -OCH3 is 1. The Kier molecular flexibility index (Phi) is 6.60. The molecule has 0 bridgehead atoms. The zero-order valence-corrected chi connectivity index (χ0v) is 19.3. The highest BCUT2D eigenvalue weighted by molar-refractivity contribution is 8.26. The lowest BCUT2D eigenvalue weighted by molar-refractivity contribution is -0.114. The molecule has 1 amide bonds. The van der Waals surface area contributed by atoms with E-state index >= 15 is 0 Å². The number of carbonyl (C=O) groups excluding carboxylic acids is 1. The van der Waals surface area contributed by atoms with Gasteiger partial charge in [-0.2, -0.15) is 15.1 Å². The quantitative estimate of drug-likeness (QED) is 0.575. The van der Waals surface area contributed by atoms with E-state index in [2.05, 4.69) is 23.9 Å². The molecule has 0 aliphatic carbocycles. The lowest BCUT2D eigenvalue weighted by Gasteiger charge is -2.20. The third kappa shape index (κ3) is 5.14. The maximum absolute atomic E-state index is 13.1. The number of amidine groups is 2. The summed E-state index contributed by atoms with van der Waals surface area (Å²) in [5.74, 6) is 0.603. The van der Waals surface area contributed by atoms with Gasteiger partial charge < -0.3 is 9.47 Å². The number of thioether (sulfide) groups is 1. The maximum atomic E-state index is 13.1. The molecule has 7 nitrogen and oxygen atoms in total. The number of hydrazone groups is 1. The lowest BCUT2D eigenvalue weighted by atomic mass is 10.1. The van der Waals surface area contributed by atoms with Gasteiger partial charge in [0, 0.05) is 6.42 Å². The second kappa shape index (κ2) is 9.58. The van der Waals surface area contributed by atoms with Gasteiger partial charge in [0.15, 0.2) is 17.3 Å². The molecule has 170 valence electrons. The Morgan fingerprint density at radius 2 is 1.94 bits per heavy atom. The number of carbonyl (C=O) groups is 1. The van der Waals surface area contributed by atoms with E-state index in [1.165, 1.54) is 36.0 Å². The first kappa shape index (κ1) is 22.7. The molecule has 0 aromatic heterocycles. The fourth-order valence-corrected chi connectivity index (χ4v) is 4.36. The number of amides is 1. The number of hydrogen-bond donors (Lipinski definition) is 1. The van der Waals surface area contributed by atoms with Gasteiger partial charge in [0.25, 0.3) is 5.91 Å². The molecular formula is C24H23FN4O3S. The summed E-state index contributed by atoms with van der Waals surface area (Å²) in [5.41, 5.74) is 1.63. The number of ether oxygens (including phenoxy) is 2. The third-order valence-corrected chi connectivity index (χ3v) is 5.82. The largest absolute Gasteiger partial charge is 0.493 e. The second-order valence-electron chi connectivity index (χ2n) is 7.94. The minimum atomic E-state index is -0.477. The monoisotopic (exact) mass is 466 g/mol. The molecule has 1 N–H and O–H groups in total. The number of aliphatic imine (C=N–C) groups is 1. The predicted molar refractivity (Wildman–Crippen MR) is 128 cm³/mol. The number of halogens is 1. The average molecular weight is 467 g/mol. The average Bonchev–Trinajstić information content (AvgIpc) is 3.18. The van der Waals surface area contributed by atoms with Crippen molar-refractivity contribution >= 4 is 39.8 Å². The van der Waals surface area contributed by atoms with E-state index in [-0.39, 0.29) is 23.8 Å². The van der Waals surface area contributed by atoms with E-state index in [9.17, 15) is 9.18 Å². The van der Waals surface area contributed by atoms with Crippen LogP contribution in [0.5, 0.6) is 11.5 Å². The van der Waals surface area contributed by atoms with Crippen LogP contribution in [0.4, 0.5) is 4.39 Å². The molecule has 0 atom stereocenters. The maximum Gasteiger partial charge on any atom is 0.283 e. The first-order valence-electron chi connectivity index (χ1n) is 10.4. The number of rotatable bonds is 7. The normalized spacial score (nSPS) is 16.8. The van der Waals surface area contributed by atoms with E-state index < -0.39 is 5.91 Å². The van der Waals surface area contributed by atoms with Gasteiger partial charge in [-0.3, -0.25) is 10.2 Å². The number of benzene rings is 2. The lowest BCUT2D eigenvalue weighted by Crippen LogP contribution is -2.35. The summed E-state index contributed by atoms with van der Waals surface area (Å²) in [5, 5.41) is 15.6. The van der Waals surface area contributed by atoms with Crippen LogP contribution in [0.3, 0.4) is 0 Å². The highest BCUT2D eigenvalue weighted by Gasteiger charge is 2.35. The van der Waals surface area contributed by atoms with Crippen molar-refractivity contribution in [1.29, 1.82) is 5.41 Å². The van der Waals surface area contributed by atoms with Crippen LogP contribution in [0.2, 0.25) is 0 Å². The van der Waals surface area contributed by atoms with Gasteiger partial charge in [0.1, 0.15) is 17.5 Å². The van der Waals surface area contributed by atoms with Gasteiger partial charge in [-0.25, -0.2) is 4.39 Å². The van der Waals surface area contributed by atoms with Gasteiger partial charge in [0.2, 0.25) is 5.17 Å². The van der Waals surface area contributed by atoms with Crippen molar-refractivity contribution in [2.45, 2.75) is 26.9 Å². The molecular weight excluding hydrogens is 443 g/mol. The summed E-state index contributed by atoms with van der Waals surface area (Å²) >= 11 is 1.33. The second-order valence-corrected chi connectivity index (χ2v) is 8.98. The Balaban J connectivity index is 1.53. The van der Waals surface area contributed by atoms with Crippen molar-refractivity contribution in [3.05, 3.63) is 65.0 Å². The fourth-order valence-electron chi connectivity index (χ4n) is 3.27. The molecule has 0 unspecified atom stereocenters. The molecule has 2 aromatic rings. The first-order chi connectivity index (χ1) is 15.8. The van der Waals surface area contributed by atoms with Crippen molar-refractivity contribution < 1.29 is 18.7 Å². The molecule has 0 spiro atoms. The SMILES string of the molecule is COc1cc(/C=C2/C(=N)N3N=C(CC(C)C)SC3=NC2=O)ccc1OCc1ccc(F)cc1. The van der Waals surface area contributed by atoms with Gasteiger partial charge in [-0.1, -0.05) is 32.0 Å². The minimum absolute atomic E-state index is 0.00754. The third-order valence-electron chi connectivity index (χ3n) is 4.89. The molecule has 33 heavy (non-hydrogen) atoms. The van der Waals surface area contributed by atoms with Gasteiger partial charge in [0.05, 0.1) is 12.7 Å². The minimum Gasteiger partial charge on any atom is -0.493 e. The standard InChI is InChI=1S/C24H23FN4O3S/c1-14(2)10-21-28-29-22(26)18(23(30)27-24(29)33-21)11-16-6-9-19(20(12-16)31-3)32-13-15-4-7-17(25)8-5-15/h4-9,11-12,14,26H,10,13H2,1-3H3/b18-11-,26-22?. The van der Waals surface area contributed by atoms with Crippen molar-refractivity contribution in [2.24, 2.45) is 16.0 Å². The van der Waals surface area contributed by atoms with Crippen molar-refractivity contribution in [3.8, 4) is 11.5 Å². The Labute approximate surface area is 195 Å². The fraction of sp³-hybridized carbons (Fsp3) is 0.250. The van der Waals surface area contributed by atoms with Crippen LogP contribution in [-0.4, -0.2) is 34.1 Å². The van der Waals surface area contributed by atoms with Crippen LogP contribution in [0.25, 0.3) is 6.08 Å². The van der Waals surface area contributed by atoms with Crippen molar-refractivity contribution in [2.75, 3.05) is 7.11 Å². The summed E-state index contributed by atoms with van der Waals surface area (Å²) in [6, 6.07) is 11.3. The number of nitrogens with zero attached hydrogens (tertiary/aromatic N) is 3. The molecule has 2 aromatic carbocycles. The Morgan fingerprint density at radius 1 is 1.18 bits per heavy atom. The molecule has 9 heteroatoms. The molecule has 2 heterocycles. The summed E-state index contributed by atoms with van der Waals surface area (Å²) < 4.78 is 24.3. The summed E-state index contributed by atoms with van der Waals surface area (Å²) in [6.45, 7) is 4.43. The van der Waals surface area contributed by atoms with E-state index in [1.807, 2.05) is 0 Å². The smallest absolute Gasteiger partial charge is 0.283 e. The van der Waals surface area contributed by atoms with Crippen LogP contribution in [0.15, 0.2) is 58.1 Å². The summed E-state index contributed by atoms with van der Waals surface area (Å²) in [7, 11) is 1.52. The van der Waals surface area contributed by atoms with Crippen LogP contribution >= 0.6 is 11.8 Å². The topological polar surface area (TPSA) is 87.3 Å². The van der Waals surface area contributed by atoms with Crippen LogP contribution in [0.1, 0.15) is 31.4 Å². The Hall–Kier alpha value is -3.46. The van der Waals surface area contributed by atoms with Gasteiger partial charge in [-0.15, -0.1) is 0 Å². The highest BCUT2D eigenvalue weighted by atomic mass is 32.2. The first-order valence-corrected chi connectivity index (χ1v) is 11.2. The zero-order chi connectivity index (χ0) is 23.5. The number of hydrogen-bond acceptors (Lipinski definition) is 6. The van der Waals surface area contributed by atoms with Crippen molar-refractivity contribution in [3.63, 3.8) is 0 Å². The van der Waals surface area contributed by atoms with E-state index in [4.69, 9.17) is 14.9 Å². The molecule has 0 radical (unpaired) electrons. The van der Waals surface area contributed by atoms with Crippen LogP contribution in [-0.2, 0) is 11.4 Å². The molecule has 4 rings (SSSR count). The van der Waals surface area contributed by atoms with Crippen LogP contribution < -0.4 is 9.47 Å². The van der Waals surface area contributed by atoms with E-state index in [0.29, 0.717) is 28.1 Å².